The molecule has 2 fully saturated rings. The molecule has 10 heteroatoms. The number of ether oxygens (including phenoxy) is 5. The minimum atomic E-state index is -4.39. The topological polar surface area (TPSA) is 71.9 Å². The molecule has 0 bridgehead atoms. The second-order valence-electron chi connectivity index (χ2n) is 6.94. The summed E-state index contributed by atoms with van der Waals surface area (Å²) < 4.78 is 67.4. The molecule has 30 heavy (non-hydrogen) atoms. The average Bonchev–Trinajstić information content (AvgIpc) is 2.79. The highest BCUT2D eigenvalue weighted by Crippen LogP contribution is 2.39. The van der Waals surface area contributed by atoms with E-state index in [1.54, 1.807) is 6.20 Å². The van der Waals surface area contributed by atoms with Crippen molar-refractivity contribution in [1.82, 2.24) is 9.97 Å². The molecule has 3 heterocycles. The van der Waals surface area contributed by atoms with Crippen LogP contribution in [0.1, 0.15) is 23.1 Å². The predicted molar refractivity (Wildman–Crippen MR) is 96.6 cm³/mol. The van der Waals surface area contributed by atoms with E-state index in [-0.39, 0.29) is 19.1 Å². The molecule has 0 amide bonds. The van der Waals surface area contributed by atoms with Gasteiger partial charge in [0, 0.05) is 6.20 Å². The molecule has 2 aliphatic heterocycles. The molecule has 4 rings (SSSR count). The van der Waals surface area contributed by atoms with Crippen LogP contribution in [0.5, 0.6) is 5.88 Å². The van der Waals surface area contributed by atoms with Crippen LogP contribution in [0.25, 0.3) is 0 Å². The van der Waals surface area contributed by atoms with Gasteiger partial charge in [-0.2, -0.15) is 13.2 Å². The minimum absolute atomic E-state index is 0.0193. The number of nitrogens with zero attached hydrogens (tertiary/aromatic N) is 2. The Bertz CT molecular complexity index is 835. The monoisotopic (exact) mass is 426 g/mol. The van der Waals surface area contributed by atoms with Crippen molar-refractivity contribution in [3.8, 4) is 5.88 Å². The Morgan fingerprint density at radius 1 is 1.07 bits per heavy atom. The van der Waals surface area contributed by atoms with Crippen LogP contribution < -0.4 is 4.74 Å². The zero-order chi connectivity index (χ0) is 21.0. The Kier molecular flexibility index (Phi) is 6.19. The van der Waals surface area contributed by atoms with E-state index >= 15 is 0 Å². The average molecular weight is 426 g/mol. The fourth-order valence-corrected chi connectivity index (χ4v) is 3.39. The minimum Gasteiger partial charge on any atom is -0.472 e. The van der Waals surface area contributed by atoms with Crippen molar-refractivity contribution < 1.29 is 36.9 Å². The maximum Gasteiger partial charge on any atom is 0.416 e. The van der Waals surface area contributed by atoms with Crippen molar-refractivity contribution in [3.63, 3.8) is 0 Å². The first kappa shape index (κ1) is 21.0. The largest absolute Gasteiger partial charge is 0.472 e. The van der Waals surface area contributed by atoms with Gasteiger partial charge in [-0.15, -0.1) is 0 Å². The molecular weight excluding hydrogens is 405 g/mol. The number of benzene rings is 1. The van der Waals surface area contributed by atoms with Gasteiger partial charge in [-0.25, -0.2) is 9.97 Å². The van der Waals surface area contributed by atoms with Crippen molar-refractivity contribution in [2.45, 2.75) is 31.1 Å². The molecule has 0 radical (unpaired) electrons. The molecular formula is C20H21F3N2O5. The van der Waals surface area contributed by atoms with Gasteiger partial charge >= 0.3 is 6.18 Å². The highest BCUT2D eigenvalue weighted by atomic mass is 19.4. The second kappa shape index (κ2) is 8.84. The Labute approximate surface area is 171 Å². The lowest BCUT2D eigenvalue weighted by Crippen LogP contribution is -2.53. The summed E-state index contributed by atoms with van der Waals surface area (Å²) in [5.74, 6) is 0.230. The molecule has 0 spiro atoms. The lowest BCUT2D eigenvalue weighted by Gasteiger charge is -2.43. The first-order valence-electron chi connectivity index (χ1n) is 9.53. The zero-order valence-electron chi connectivity index (χ0n) is 16.1. The van der Waals surface area contributed by atoms with Crippen LogP contribution in [0.3, 0.4) is 0 Å². The molecule has 0 aliphatic carbocycles. The first-order valence-corrected chi connectivity index (χ1v) is 9.53. The van der Waals surface area contributed by atoms with Crippen molar-refractivity contribution in [3.05, 3.63) is 53.5 Å². The van der Waals surface area contributed by atoms with Crippen molar-refractivity contribution >= 4 is 0 Å². The predicted octanol–water partition coefficient (Wildman–Crippen LogP) is 3.08. The lowest BCUT2D eigenvalue weighted by molar-refractivity contribution is -0.311. The summed E-state index contributed by atoms with van der Waals surface area (Å²) >= 11 is 0. The molecule has 2 aromatic rings. The standard InChI is InChI=1S/C20H21F3N2O5/c21-20(22,23)15-4-2-14(3-5-15)11-29-17-16(10-24-13-25-17)19(12-26-8-9-30-19)18-27-6-1-7-28-18/h2-5,10,13,18H,1,6-9,11-12H2. The number of halogens is 3. The molecule has 7 nitrogen and oxygen atoms in total. The van der Waals surface area contributed by atoms with Gasteiger partial charge in [0.25, 0.3) is 0 Å². The van der Waals surface area contributed by atoms with E-state index in [1.807, 2.05) is 0 Å². The normalized spacial score (nSPS) is 23.3. The maximum atomic E-state index is 12.8. The van der Waals surface area contributed by atoms with E-state index in [4.69, 9.17) is 23.7 Å². The third-order valence-corrected chi connectivity index (χ3v) is 4.90. The number of aromatic nitrogens is 2. The van der Waals surface area contributed by atoms with E-state index < -0.39 is 23.6 Å². The fourth-order valence-electron chi connectivity index (χ4n) is 3.39. The Morgan fingerprint density at radius 3 is 2.50 bits per heavy atom. The van der Waals surface area contributed by atoms with Crippen LogP contribution in [0.2, 0.25) is 0 Å². The summed E-state index contributed by atoms with van der Waals surface area (Å²) in [6.45, 7) is 1.99. The van der Waals surface area contributed by atoms with Gasteiger partial charge in [0.15, 0.2) is 11.9 Å². The molecule has 2 saturated heterocycles. The molecule has 0 saturated carbocycles. The van der Waals surface area contributed by atoms with Crippen LogP contribution in [-0.2, 0) is 37.3 Å². The van der Waals surface area contributed by atoms with Gasteiger partial charge in [-0.1, -0.05) is 12.1 Å². The lowest BCUT2D eigenvalue weighted by atomic mass is 9.94. The number of hydrogen-bond acceptors (Lipinski definition) is 7. The van der Waals surface area contributed by atoms with Crippen molar-refractivity contribution in [1.29, 1.82) is 0 Å². The first-order chi connectivity index (χ1) is 14.5. The highest BCUT2D eigenvalue weighted by molar-refractivity contribution is 5.32. The van der Waals surface area contributed by atoms with E-state index in [0.29, 0.717) is 37.6 Å². The molecule has 2 aliphatic rings. The number of rotatable bonds is 5. The Morgan fingerprint density at radius 2 is 1.83 bits per heavy atom. The van der Waals surface area contributed by atoms with Crippen LogP contribution >= 0.6 is 0 Å². The van der Waals surface area contributed by atoms with Gasteiger partial charge in [-0.3, -0.25) is 0 Å². The molecule has 1 unspecified atom stereocenters. The molecule has 1 atom stereocenters. The third kappa shape index (κ3) is 4.41. The number of alkyl halides is 3. The van der Waals surface area contributed by atoms with Crippen LogP contribution in [0.15, 0.2) is 36.8 Å². The van der Waals surface area contributed by atoms with Crippen LogP contribution in [-0.4, -0.2) is 49.3 Å². The van der Waals surface area contributed by atoms with Gasteiger partial charge in [0.05, 0.1) is 44.2 Å². The molecule has 0 N–H and O–H groups in total. The van der Waals surface area contributed by atoms with E-state index in [1.165, 1.54) is 18.5 Å². The summed E-state index contributed by atoms with van der Waals surface area (Å²) in [7, 11) is 0. The summed E-state index contributed by atoms with van der Waals surface area (Å²) in [6.07, 6.45) is -1.44. The van der Waals surface area contributed by atoms with E-state index in [9.17, 15) is 13.2 Å². The Hall–Kier alpha value is -2.27. The van der Waals surface area contributed by atoms with Crippen LogP contribution in [0, 0.1) is 0 Å². The van der Waals surface area contributed by atoms with Gasteiger partial charge in [-0.05, 0) is 24.1 Å². The zero-order valence-corrected chi connectivity index (χ0v) is 16.1. The molecule has 1 aromatic carbocycles. The fraction of sp³-hybridized carbons (Fsp3) is 0.500. The maximum absolute atomic E-state index is 12.8. The summed E-state index contributed by atoms with van der Waals surface area (Å²) in [5, 5.41) is 0. The molecule has 162 valence electrons. The van der Waals surface area contributed by atoms with Crippen molar-refractivity contribution in [2.24, 2.45) is 0 Å². The molecule has 1 aromatic heterocycles. The summed E-state index contributed by atoms with van der Waals surface area (Å²) in [6, 6.07) is 4.77. The van der Waals surface area contributed by atoms with E-state index in [0.717, 1.165) is 18.6 Å². The van der Waals surface area contributed by atoms with Gasteiger partial charge in [0.1, 0.15) is 12.9 Å². The SMILES string of the molecule is FC(F)(F)c1ccc(COc2ncncc2C2(C3OCCCO3)COCCO2)cc1. The smallest absolute Gasteiger partial charge is 0.416 e. The summed E-state index contributed by atoms with van der Waals surface area (Å²) in [5.41, 5.74) is -0.751. The second-order valence-corrected chi connectivity index (χ2v) is 6.94. The van der Waals surface area contributed by atoms with Crippen LogP contribution in [0.4, 0.5) is 13.2 Å². The Balaban J connectivity index is 1.56. The highest BCUT2D eigenvalue weighted by Gasteiger charge is 2.49. The third-order valence-electron chi connectivity index (χ3n) is 4.90. The van der Waals surface area contributed by atoms with Gasteiger partial charge in [0.2, 0.25) is 5.88 Å². The van der Waals surface area contributed by atoms with Crippen molar-refractivity contribution in [2.75, 3.05) is 33.0 Å². The van der Waals surface area contributed by atoms with Gasteiger partial charge < -0.3 is 23.7 Å². The quantitative estimate of drug-likeness (QED) is 0.728. The van der Waals surface area contributed by atoms with E-state index in [2.05, 4.69) is 9.97 Å². The number of hydrogen-bond donors (Lipinski definition) is 0. The summed E-state index contributed by atoms with van der Waals surface area (Å²) in [4.78, 5) is 8.30.